The van der Waals surface area contributed by atoms with E-state index in [1.54, 1.807) is 0 Å². The number of carbonyl (C=O) groups is 1. The van der Waals surface area contributed by atoms with Gasteiger partial charge >= 0.3 is 0 Å². The Morgan fingerprint density at radius 2 is 2.00 bits per heavy atom. The number of rotatable bonds is 5. The van der Waals surface area contributed by atoms with Gasteiger partial charge in [0.1, 0.15) is 0 Å². The highest BCUT2D eigenvalue weighted by Crippen LogP contribution is 2.12. The number of benzene rings is 1. The van der Waals surface area contributed by atoms with E-state index in [9.17, 15) is 4.79 Å². The molecule has 0 radical (unpaired) electrons. The second-order valence-corrected chi connectivity index (χ2v) is 5.49. The van der Waals surface area contributed by atoms with Crippen LogP contribution in [0.15, 0.2) is 18.2 Å². The highest BCUT2D eigenvalue weighted by molar-refractivity contribution is 6.18. The molecule has 1 N–H and O–H groups in total. The number of halogens is 1. The third kappa shape index (κ3) is 4.34. The SMILES string of the molecule is Cc1ccc(C)c(CC(=O)NC(CCl)C(C)C)c1. The van der Waals surface area contributed by atoms with Crippen LogP contribution in [0.25, 0.3) is 0 Å². The van der Waals surface area contributed by atoms with Crippen LogP contribution in [-0.2, 0) is 11.2 Å². The Bertz CT molecular complexity index is 415. The molecule has 0 saturated heterocycles. The van der Waals surface area contributed by atoms with Crippen LogP contribution in [0.5, 0.6) is 0 Å². The van der Waals surface area contributed by atoms with Crippen LogP contribution in [0, 0.1) is 19.8 Å². The molecule has 0 aliphatic rings. The maximum atomic E-state index is 12.0. The van der Waals surface area contributed by atoms with Crippen molar-refractivity contribution in [1.29, 1.82) is 0 Å². The lowest BCUT2D eigenvalue weighted by Crippen LogP contribution is -2.40. The first-order chi connectivity index (χ1) is 8.43. The maximum absolute atomic E-state index is 12.0. The summed E-state index contributed by atoms with van der Waals surface area (Å²) in [6, 6.07) is 6.23. The van der Waals surface area contributed by atoms with E-state index in [1.807, 2.05) is 13.8 Å². The van der Waals surface area contributed by atoms with Crippen molar-refractivity contribution in [1.82, 2.24) is 5.32 Å². The minimum atomic E-state index is 0.0445. The van der Waals surface area contributed by atoms with E-state index in [0.29, 0.717) is 18.2 Å². The van der Waals surface area contributed by atoms with Crippen molar-refractivity contribution in [2.24, 2.45) is 5.92 Å². The number of alkyl halides is 1. The van der Waals surface area contributed by atoms with Crippen LogP contribution in [-0.4, -0.2) is 17.8 Å². The number of hydrogen-bond acceptors (Lipinski definition) is 1. The average molecular weight is 268 g/mol. The first-order valence-corrected chi connectivity index (χ1v) is 6.89. The predicted octanol–water partition coefficient (Wildman–Crippen LogP) is 3.23. The molecule has 1 aromatic carbocycles. The highest BCUT2D eigenvalue weighted by Gasteiger charge is 2.15. The van der Waals surface area contributed by atoms with Gasteiger partial charge in [-0.1, -0.05) is 37.6 Å². The van der Waals surface area contributed by atoms with E-state index in [0.717, 1.165) is 11.1 Å². The summed E-state index contributed by atoms with van der Waals surface area (Å²) in [5.41, 5.74) is 3.42. The molecule has 0 fully saturated rings. The van der Waals surface area contributed by atoms with Gasteiger partial charge in [-0.15, -0.1) is 11.6 Å². The van der Waals surface area contributed by atoms with Crippen LogP contribution in [0.4, 0.5) is 0 Å². The predicted molar refractivity (Wildman–Crippen MR) is 77.1 cm³/mol. The zero-order valence-electron chi connectivity index (χ0n) is 11.6. The Labute approximate surface area is 115 Å². The van der Waals surface area contributed by atoms with Crippen molar-refractivity contribution in [3.8, 4) is 0 Å². The number of hydrogen-bond donors (Lipinski definition) is 1. The van der Waals surface area contributed by atoms with Gasteiger partial charge in [-0.3, -0.25) is 4.79 Å². The number of carbonyl (C=O) groups excluding carboxylic acids is 1. The second kappa shape index (κ2) is 6.79. The van der Waals surface area contributed by atoms with Gasteiger partial charge in [0.2, 0.25) is 5.91 Å². The van der Waals surface area contributed by atoms with Gasteiger partial charge < -0.3 is 5.32 Å². The lowest BCUT2D eigenvalue weighted by molar-refractivity contribution is -0.121. The van der Waals surface area contributed by atoms with E-state index in [2.05, 4.69) is 37.4 Å². The standard InChI is InChI=1S/C15H22ClNO/c1-10(2)14(9-16)17-15(18)8-13-7-11(3)5-6-12(13)4/h5-7,10,14H,8-9H2,1-4H3,(H,17,18). The fourth-order valence-electron chi connectivity index (χ4n) is 1.80. The number of aryl methyl sites for hydroxylation is 2. The highest BCUT2D eigenvalue weighted by atomic mass is 35.5. The van der Waals surface area contributed by atoms with Gasteiger partial charge in [0.25, 0.3) is 0 Å². The Morgan fingerprint density at radius 3 is 2.56 bits per heavy atom. The van der Waals surface area contributed by atoms with Crippen LogP contribution >= 0.6 is 11.6 Å². The molecule has 1 atom stereocenters. The van der Waals surface area contributed by atoms with Crippen molar-refractivity contribution < 1.29 is 4.79 Å². The number of amides is 1. The van der Waals surface area contributed by atoms with Gasteiger partial charge in [-0.05, 0) is 30.9 Å². The first kappa shape index (κ1) is 15.0. The Balaban J connectivity index is 2.67. The summed E-state index contributed by atoms with van der Waals surface area (Å²) in [6.45, 7) is 8.19. The molecule has 3 heteroatoms. The zero-order chi connectivity index (χ0) is 13.7. The minimum absolute atomic E-state index is 0.0445. The van der Waals surface area contributed by atoms with Crippen LogP contribution in [0.1, 0.15) is 30.5 Å². The van der Waals surface area contributed by atoms with Crippen molar-refractivity contribution in [2.75, 3.05) is 5.88 Å². The van der Waals surface area contributed by atoms with Crippen LogP contribution < -0.4 is 5.32 Å². The topological polar surface area (TPSA) is 29.1 Å². The molecule has 1 aromatic rings. The van der Waals surface area contributed by atoms with Gasteiger partial charge in [-0.25, -0.2) is 0 Å². The van der Waals surface area contributed by atoms with Crippen molar-refractivity contribution in [2.45, 2.75) is 40.2 Å². The monoisotopic (exact) mass is 267 g/mol. The summed E-state index contributed by atoms with van der Waals surface area (Å²) < 4.78 is 0. The normalized spacial score (nSPS) is 12.6. The first-order valence-electron chi connectivity index (χ1n) is 6.35. The fraction of sp³-hybridized carbons (Fsp3) is 0.533. The molecule has 0 saturated carbocycles. The van der Waals surface area contributed by atoms with Crippen LogP contribution in [0.3, 0.4) is 0 Å². The Kier molecular flexibility index (Phi) is 5.67. The Hall–Kier alpha value is -1.02. The summed E-state index contributed by atoms with van der Waals surface area (Å²) >= 11 is 5.85. The maximum Gasteiger partial charge on any atom is 0.224 e. The molecule has 0 aromatic heterocycles. The summed E-state index contributed by atoms with van der Waals surface area (Å²) in [5.74, 6) is 0.851. The lowest BCUT2D eigenvalue weighted by Gasteiger charge is -2.20. The summed E-state index contributed by atoms with van der Waals surface area (Å²) in [7, 11) is 0. The summed E-state index contributed by atoms with van der Waals surface area (Å²) in [4.78, 5) is 12.0. The molecule has 1 unspecified atom stereocenters. The van der Waals surface area contributed by atoms with Crippen LogP contribution in [0.2, 0.25) is 0 Å². The van der Waals surface area contributed by atoms with E-state index >= 15 is 0 Å². The molecule has 2 nitrogen and oxygen atoms in total. The second-order valence-electron chi connectivity index (χ2n) is 5.18. The summed E-state index contributed by atoms with van der Waals surface area (Å²) in [5, 5.41) is 2.99. The van der Waals surface area contributed by atoms with Gasteiger partial charge in [0, 0.05) is 11.9 Å². The lowest BCUT2D eigenvalue weighted by atomic mass is 10.0. The van der Waals surface area contributed by atoms with Gasteiger partial charge in [0.15, 0.2) is 0 Å². The molecule has 100 valence electrons. The molecule has 0 spiro atoms. The Morgan fingerprint density at radius 1 is 1.33 bits per heavy atom. The minimum Gasteiger partial charge on any atom is -0.352 e. The van der Waals surface area contributed by atoms with E-state index < -0.39 is 0 Å². The largest absolute Gasteiger partial charge is 0.352 e. The number of nitrogens with one attached hydrogen (secondary N) is 1. The summed E-state index contributed by atoms with van der Waals surface area (Å²) in [6.07, 6.45) is 0.424. The third-order valence-electron chi connectivity index (χ3n) is 3.17. The van der Waals surface area contributed by atoms with E-state index in [1.165, 1.54) is 5.56 Å². The van der Waals surface area contributed by atoms with E-state index in [-0.39, 0.29) is 11.9 Å². The molecule has 0 aliphatic carbocycles. The van der Waals surface area contributed by atoms with Crippen molar-refractivity contribution in [3.05, 3.63) is 34.9 Å². The smallest absolute Gasteiger partial charge is 0.224 e. The van der Waals surface area contributed by atoms with E-state index in [4.69, 9.17) is 11.6 Å². The average Bonchev–Trinajstić information content (AvgIpc) is 2.30. The molecule has 0 aliphatic heterocycles. The quantitative estimate of drug-likeness (QED) is 0.816. The molecule has 0 heterocycles. The molecular weight excluding hydrogens is 246 g/mol. The third-order valence-corrected chi connectivity index (χ3v) is 3.51. The van der Waals surface area contributed by atoms with Crippen molar-refractivity contribution in [3.63, 3.8) is 0 Å². The zero-order valence-corrected chi connectivity index (χ0v) is 12.3. The fourth-order valence-corrected chi connectivity index (χ4v) is 2.24. The molecule has 1 amide bonds. The van der Waals surface area contributed by atoms with Gasteiger partial charge in [0.05, 0.1) is 6.42 Å². The van der Waals surface area contributed by atoms with Crippen molar-refractivity contribution >= 4 is 17.5 Å². The molecule has 0 bridgehead atoms. The van der Waals surface area contributed by atoms with Gasteiger partial charge in [-0.2, -0.15) is 0 Å². The molecule has 1 rings (SSSR count). The molecule has 18 heavy (non-hydrogen) atoms. The molecular formula is C15H22ClNO.